The number of nitrogens with two attached hydrogens (primary N) is 1. The molecule has 0 amide bonds. The van der Waals surface area contributed by atoms with Gasteiger partial charge in [-0.15, -0.1) is 0 Å². The van der Waals surface area contributed by atoms with Gasteiger partial charge in [0.05, 0.1) is 13.2 Å². The van der Waals surface area contributed by atoms with Gasteiger partial charge in [0.1, 0.15) is 0 Å². The number of fused-ring (bicyclic) bond motifs is 1. The van der Waals surface area contributed by atoms with Gasteiger partial charge in [0.15, 0.2) is 11.5 Å². The third-order valence-corrected chi connectivity index (χ3v) is 3.77. The highest BCUT2D eigenvalue weighted by atomic mass is 16.5. The van der Waals surface area contributed by atoms with Crippen molar-refractivity contribution in [3.63, 3.8) is 0 Å². The highest BCUT2D eigenvalue weighted by Crippen LogP contribution is 2.34. The molecule has 1 aliphatic carbocycles. The van der Waals surface area contributed by atoms with E-state index in [1.165, 1.54) is 24.0 Å². The van der Waals surface area contributed by atoms with Gasteiger partial charge < -0.3 is 15.2 Å². The van der Waals surface area contributed by atoms with E-state index in [9.17, 15) is 0 Å². The summed E-state index contributed by atoms with van der Waals surface area (Å²) < 4.78 is 11.4. The van der Waals surface area contributed by atoms with E-state index in [1.54, 1.807) is 0 Å². The molecule has 0 saturated heterocycles. The molecule has 19 heavy (non-hydrogen) atoms. The van der Waals surface area contributed by atoms with Gasteiger partial charge >= 0.3 is 0 Å². The largest absolute Gasteiger partial charge is 0.490 e. The average molecular weight is 259 g/mol. The Balaban J connectivity index is 1.90. The number of hydrogen-bond acceptors (Lipinski definition) is 3. The van der Waals surface area contributed by atoms with E-state index >= 15 is 0 Å². The fraction of sp³-hybridized carbons (Fsp3) is 0.500. The first kappa shape index (κ1) is 12.5. The van der Waals surface area contributed by atoms with Crippen LogP contribution in [0.2, 0.25) is 0 Å². The first-order valence-corrected chi connectivity index (χ1v) is 7.19. The van der Waals surface area contributed by atoms with Crippen molar-refractivity contribution in [3.8, 4) is 11.5 Å². The molecular weight excluding hydrogens is 238 g/mol. The molecular formula is C16H21NO2. The summed E-state index contributed by atoms with van der Waals surface area (Å²) in [6.45, 7) is 1.47. The van der Waals surface area contributed by atoms with Crippen LogP contribution in [0.15, 0.2) is 24.3 Å². The van der Waals surface area contributed by atoms with Crippen LogP contribution in [0, 0.1) is 0 Å². The van der Waals surface area contributed by atoms with Crippen molar-refractivity contribution in [2.75, 3.05) is 13.2 Å². The minimum absolute atomic E-state index is 0.188. The maximum absolute atomic E-state index is 6.09. The van der Waals surface area contributed by atoms with Crippen molar-refractivity contribution in [3.05, 3.63) is 29.8 Å². The molecule has 0 fully saturated rings. The summed E-state index contributed by atoms with van der Waals surface area (Å²) in [6.07, 6.45) is 7.78. The molecule has 2 N–H and O–H groups in total. The third kappa shape index (κ3) is 2.92. The molecule has 1 aromatic carbocycles. The SMILES string of the molecule is NC1C=C(c2ccc3c(c2)OCCCO3)CCCC1. The fourth-order valence-corrected chi connectivity index (χ4v) is 2.72. The molecule has 0 saturated carbocycles. The van der Waals surface area contributed by atoms with Gasteiger partial charge in [-0.2, -0.15) is 0 Å². The van der Waals surface area contributed by atoms with Crippen LogP contribution < -0.4 is 15.2 Å². The number of allylic oxidation sites excluding steroid dienone is 1. The van der Waals surface area contributed by atoms with E-state index in [0.29, 0.717) is 0 Å². The lowest BCUT2D eigenvalue weighted by molar-refractivity contribution is 0.297. The standard InChI is InChI=1S/C16H21NO2/c17-14-5-2-1-4-12(10-14)13-6-7-15-16(11-13)19-9-3-8-18-15/h6-7,10-11,14H,1-5,8-9,17H2. The normalized spacial score (nSPS) is 23.2. The number of ether oxygens (including phenoxy) is 2. The van der Waals surface area contributed by atoms with Gasteiger partial charge in [-0.05, 0) is 42.5 Å². The molecule has 0 spiro atoms. The van der Waals surface area contributed by atoms with E-state index in [4.69, 9.17) is 15.2 Å². The summed E-state index contributed by atoms with van der Waals surface area (Å²) in [6, 6.07) is 6.43. The lowest BCUT2D eigenvalue weighted by atomic mass is 10.0. The molecule has 3 rings (SSSR count). The second-order valence-corrected chi connectivity index (χ2v) is 5.31. The Bertz CT molecular complexity index is 482. The van der Waals surface area contributed by atoms with Crippen molar-refractivity contribution >= 4 is 5.57 Å². The van der Waals surface area contributed by atoms with Crippen molar-refractivity contribution in [2.45, 2.75) is 38.1 Å². The van der Waals surface area contributed by atoms with Crippen LogP contribution in [0.1, 0.15) is 37.7 Å². The van der Waals surface area contributed by atoms with Gasteiger partial charge in [-0.25, -0.2) is 0 Å². The van der Waals surface area contributed by atoms with Crippen LogP contribution in [-0.4, -0.2) is 19.3 Å². The quantitative estimate of drug-likeness (QED) is 0.842. The summed E-state index contributed by atoms with van der Waals surface area (Å²) in [5.74, 6) is 1.73. The van der Waals surface area contributed by atoms with Crippen LogP contribution in [0.5, 0.6) is 11.5 Å². The average Bonchev–Trinajstić information content (AvgIpc) is 2.77. The zero-order valence-corrected chi connectivity index (χ0v) is 11.2. The second-order valence-electron chi connectivity index (χ2n) is 5.31. The van der Waals surface area contributed by atoms with E-state index < -0.39 is 0 Å². The Morgan fingerprint density at radius 2 is 1.84 bits per heavy atom. The summed E-state index contributed by atoms with van der Waals surface area (Å²) >= 11 is 0. The Hall–Kier alpha value is -1.48. The molecule has 0 aromatic heterocycles. The lowest BCUT2D eigenvalue weighted by Gasteiger charge is -2.12. The maximum Gasteiger partial charge on any atom is 0.161 e. The van der Waals surface area contributed by atoms with Crippen LogP contribution in [0.3, 0.4) is 0 Å². The van der Waals surface area contributed by atoms with Gasteiger partial charge in [-0.1, -0.05) is 18.6 Å². The van der Waals surface area contributed by atoms with Crippen LogP contribution in [0.25, 0.3) is 5.57 Å². The van der Waals surface area contributed by atoms with Gasteiger partial charge in [0.2, 0.25) is 0 Å². The fourth-order valence-electron chi connectivity index (χ4n) is 2.72. The van der Waals surface area contributed by atoms with E-state index in [1.807, 2.05) is 6.07 Å². The number of rotatable bonds is 1. The molecule has 3 nitrogen and oxygen atoms in total. The molecule has 0 bridgehead atoms. The van der Waals surface area contributed by atoms with Crippen LogP contribution in [0.4, 0.5) is 0 Å². The molecule has 1 heterocycles. The summed E-state index contributed by atoms with van der Waals surface area (Å²) in [5, 5.41) is 0. The highest BCUT2D eigenvalue weighted by molar-refractivity contribution is 5.69. The van der Waals surface area contributed by atoms with Crippen molar-refractivity contribution in [1.29, 1.82) is 0 Å². The zero-order chi connectivity index (χ0) is 13.1. The van der Waals surface area contributed by atoms with Gasteiger partial charge in [0, 0.05) is 12.5 Å². The zero-order valence-electron chi connectivity index (χ0n) is 11.2. The predicted molar refractivity (Wildman–Crippen MR) is 76.5 cm³/mol. The topological polar surface area (TPSA) is 44.5 Å². The van der Waals surface area contributed by atoms with Crippen molar-refractivity contribution in [1.82, 2.24) is 0 Å². The van der Waals surface area contributed by atoms with Crippen molar-refractivity contribution < 1.29 is 9.47 Å². The molecule has 1 aliphatic heterocycles. The Kier molecular flexibility index (Phi) is 3.74. The van der Waals surface area contributed by atoms with E-state index in [0.717, 1.165) is 44.0 Å². The Labute approximate surface area is 114 Å². The van der Waals surface area contributed by atoms with Crippen molar-refractivity contribution in [2.24, 2.45) is 5.73 Å². The molecule has 3 heteroatoms. The maximum atomic E-state index is 6.09. The van der Waals surface area contributed by atoms with Crippen LogP contribution in [-0.2, 0) is 0 Å². The first-order chi connectivity index (χ1) is 9.33. The van der Waals surface area contributed by atoms with Gasteiger partial charge in [-0.3, -0.25) is 0 Å². The third-order valence-electron chi connectivity index (χ3n) is 3.77. The number of benzene rings is 1. The molecule has 2 aliphatic rings. The van der Waals surface area contributed by atoms with Gasteiger partial charge in [0.25, 0.3) is 0 Å². The molecule has 102 valence electrons. The molecule has 1 aromatic rings. The Morgan fingerprint density at radius 1 is 1.00 bits per heavy atom. The molecule has 1 atom stereocenters. The minimum Gasteiger partial charge on any atom is -0.490 e. The summed E-state index contributed by atoms with van der Waals surface area (Å²) in [5.41, 5.74) is 8.66. The highest BCUT2D eigenvalue weighted by Gasteiger charge is 2.14. The molecule has 0 radical (unpaired) electrons. The molecule has 1 unspecified atom stereocenters. The monoisotopic (exact) mass is 259 g/mol. The van der Waals surface area contributed by atoms with E-state index in [2.05, 4.69) is 18.2 Å². The van der Waals surface area contributed by atoms with E-state index in [-0.39, 0.29) is 6.04 Å². The van der Waals surface area contributed by atoms with Crippen LogP contribution >= 0.6 is 0 Å². The smallest absolute Gasteiger partial charge is 0.161 e. The summed E-state index contributed by atoms with van der Waals surface area (Å²) in [4.78, 5) is 0. The minimum atomic E-state index is 0.188. The predicted octanol–water partition coefficient (Wildman–Crippen LogP) is 3.13. The number of hydrogen-bond donors (Lipinski definition) is 1. The second kappa shape index (κ2) is 5.66. The first-order valence-electron chi connectivity index (χ1n) is 7.19. The Morgan fingerprint density at radius 3 is 2.74 bits per heavy atom. The summed E-state index contributed by atoms with van der Waals surface area (Å²) in [7, 11) is 0. The lowest BCUT2D eigenvalue weighted by Crippen LogP contribution is -2.15.